The van der Waals surface area contributed by atoms with Gasteiger partial charge in [-0.15, -0.1) is 0 Å². The first-order chi connectivity index (χ1) is 7.06. The van der Waals surface area contributed by atoms with Crippen molar-refractivity contribution in [3.63, 3.8) is 0 Å². The predicted octanol–water partition coefficient (Wildman–Crippen LogP) is 1.70. The fourth-order valence-electron chi connectivity index (χ4n) is 1.28. The van der Waals surface area contributed by atoms with Gasteiger partial charge in [-0.05, 0) is 26.4 Å². The molecule has 1 atom stereocenters. The fourth-order valence-corrected chi connectivity index (χ4v) is 1.81. The second-order valence-corrected chi connectivity index (χ2v) is 5.83. The molecule has 0 aromatic carbocycles. The maximum absolute atomic E-state index is 10.5. The Balaban J connectivity index is 3.06. The van der Waals surface area contributed by atoms with Crippen molar-refractivity contribution < 1.29 is 12.9 Å². The van der Waals surface area contributed by atoms with Gasteiger partial charge in [0.15, 0.2) is 0 Å². The van der Waals surface area contributed by atoms with E-state index < -0.39 is 9.05 Å². The molecule has 0 saturated heterocycles. The maximum Gasteiger partial charge on any atom is 0.266 e. The third-order valence-corrected chi connectivity index (χ3v) is 2.81. The Hall–Kier alpha value is 0.250. The third kappa shape index (κ3) is 14.2. The minimum atomic E-state index is -3.40. The van der Waals surface area contributed by atoms with Crippen LogP contribution in [-0.4, -0.2) is 29.0 Å². The van der Waals surface area contributed by atoms with Crippen molar-refractivity contribution in [3.8, 4) is 0 Å². The molecule has 0 saturated carbocycles. The number of hydrogen-bond acceptors (Lipinski definition) is 4. The summed E-state index contributed by atoms with van der Waals surface area (Å²) in [6.45, 7) is 1.36. The van der Waals surface area contributed by atoms with E-state index in [9.17, 15) is 4.21 Å². The Bertz CT molecular complexity index is 230. The summed E-state index contributed by atoms with van der Waals surface area (Å²) in [4.78, 5) is 0. The average Bonchev–Trinajstić information content (AvgIpc) is 2.14. The van der Waals surface area contributed by atoms with Crippen LogP contribution >= 0.6 is 0 Å². The van der Waals surface area contributed by atoms with E-state index in [4.69, 9.17) is 4.55 Å². The first kappa shape index (κ1) is 15.2. The molecule has 0 bridgehead atoms. The highest BCUT2D eigenvalue weighted by atomic mass is 32.9. The lowest BCUT2D eigenvalue weighted by Gasteiger charge is -2.02. The molecule has 6 heteroatoms. The largest absolute Gasteiger partial charge is 0.320 e. The van der Waals surface area contributed by atoms with E-state index in [1.807, 2.05) is 7.05 Å². The highest BCUT2D eigenvalue weighted by Gasteiger charge is 1.98. The SMILES string of the molecule is CNCCCCCCCCOS(=O)(O)=S. The van der Waals surface area contributed by atoms with Crippen molar-refractivity contribution in [2.24, 2.45) is 0 Å². The molecule has 0 rings (SSSR count). The molecule has 0 aromatic rings. The second-order valence-electron chi connectivity index (χ2n) is 3.47. The maximum atomic E-state index is 10.5. The van der Waals surface area contributed by atoms with Crippen LogP contribution in [0.2, 0.25) is 0 Å². The summed E-state index contributed by atoms with van der Waals surface area (Å²) in [7, 11) is -1.45. The van der Waals surface area contributed by atoms with Gasteiger partial charge < -0.3 is 5.32 Å². The van der Waals surface area contributed by atoms with Gasteiger partial charge in [0, 0.05) is 11.2 Å². The first-order valence-corrected chi connectivity index (χ1v) is 7.69. The van der Waals surface area contributed by atoms with Gasteiger partial charge in [0.2, 0.25) is 0 Å². The van der Waals surface area contributed by atoms with Crippen LogP contribution in [0.5, 0.6) is 0 Å². The summed E-state index contributed by atoms with van der Waals surface area (Å²) in [5, 5.41) is 3.10. The van der Waals surface area contributed by atoms with Crippen molar-refractivity contribution in [1.29, 1.82) is 0 Å². The summed E-state index contributed by atoms with van der Waals surface area (Å²) >= 11 is 4.19. The average molecular weight is 255 g/mol. The molecule has 2 N–H and O–H groups in total. The van der Waals surface area contributed by atoms with E-state index in [2.05, 4.69) is 20.7 Å². The molecule has 1 unspecified atom stereocenters. The molecule has 0 fully saturated rings. The Morgan fingerprint density at radius 3 is 2.27 bits per heavy atom. The molecule has 0 aliphatic heterocycles. The number of hydrogen-bond donors (Lipinski definition) is 2. The summed E-state index contributed by atoms with van der Waals surface area (Å²) in [5.41, 5.74) is 0. The quantitative estimate of drug-likeness (QED) is 0.582. The standard InChI is InChI=1S/C9H21NO3S2/c1-10-8-6-4-2-3-5-7-9-13-15(11,12)14/h10H,2-9H2,1H3,(H,11,12,14). The zero-order valence-corrected chi connectivity index (χ0v) is 10.9. The van der Waals surface area contributed by atoms with Crippen molar-refractivity contribution in [3.05, 3.63) is 0 Å². The second kappa shape index (κ2) is 9.47. The van der Waals surface area contributed by atoms with Crippen LogP contribution < -0.4 is 5.32 Å². The molecule has 0 spiro atoms. The zero-order valence-electron chi connectivity index (χ0n) is 9.24. The molecule has 4 nitrogen and oxygen atoms in total. The molecule has 92 valence electrons. The molecule has 0 aliphatic carbocycles. The monoisotopic (exact) mass is 255 g/mol. The Morgan fingerprint density at radius 2 is 1.73 bits per heavy atom. The molecule has 0 aliphatic rings. The molecule has 0 radical (unpaired) electrons. The van der Waals surface area contributed by atoms with Crippen LogP contribution in [-0.2, 0) is 24.4 Å². The highest BCUT2D eigenvalue weighted by Crippen LogP contribution is 2.05. The minimum absolute atomic E-state index is 0.287. The summed E-state index contributed by atoms with van der Waals surface area (Å²) < 4.78 is 23.7. The van der Waals surface area contributed by atoms with Gasteiger partial charge in [0.05, 0.1) is 6.61 Å². The molecule has 0 heterocycles. The summed E-state index contributed by atoms with van der Waals surface area (Å²) in [6.07, 6.45) is 6.65. The van der Waals surface area contributed by atoms with Gasteiger partial charge in [-0.2, -0.15) is 4.21 Å². The molecule has 0 amide bonds. The first-order valence-electron chi connectivity index (χ1n) is 5.32. The van der Waals surface area contributed by atoms with Crippen LogP contribution in [0.15, 0.2) is 0 Å². The van der Waals surface area contributed by atoms with Crippen molar-refractivity contribution in [2.75, 3.05) is 20.2 Å². The van der Waals surface area contributed by atoms with E-state index >= 15 is 0 Å². The lowest BCUT2D eigenvalue weighted by molar-refractivity contribution is 0.294. The lowest BCUT2D eigenvalue weighted by Crippen LogP contribution is -2.06. The van der Waals surface area contributed by atoms with Crippen LogP contribution in [0.1, 0.15) is 38.5 Å². The normalized spacial score (nSPS) is 15.1. The van der Waals surface area contributed by atoms with E-state index in [1.54, 1.807) is 0 Å². The van der Waals surface area contributed by atoms with E-state index in [-0.39, 0.29) is 6.61 Å². The fraction of sp³-hybridized carbons (Fsp3) is 1.00. The van der Waals surface area contributed by atoms with Gasteiger partial charge >= 0.3 is 0 Å². The number of unbranched alkanes of at least 4 members (excludes halogenated alkanes) is 5. The third-order valence-electron chi connectivity index (χ3n) is 2.05. The lowest BCUT2D eigenvalue weighted by atomic mass is 10.1. The van der Waals surface area contributed by atoms with E-state index in [1.165, 1.54) is 19.3 Å². The van der Waals surface area contributed by atoms with E-state index in [0.29, 0.717) is 0 Å². The number of nitrogens with one attached hydrogen (secondary N) is 1. The van der Waals surface area contributed by atoms with Gasteiger partial charge in [0.1, 0.15) is 0 Å². The predicted molar refractivity (Wildman–Crippen MR) is 65.7 cm³/mol. The van der Waals surface area contributed by atoms with Crippen molar-refractivity contribution in [2.45, 2.75) is 38.5 Å². The van der Waals surface area contributed by atoms with Gasteiger partial charge in [-0.25, -0.2) is 0 Å². The van der Waals surface area contributed by atoms with Crippen molar-refractivity contribution >= 4 is 20.2 Å². The minimum Gasteiger partial charge on any atom is -0.320 e. The summed E-state index contributed by atoms with van der Waals surface area (Å²) in [6, 6.07) is 0. The Morgan fingerprint density at radius 1 is 1.20 bits per heavy atom. The zero-order chi connectivity index (χ0) is 11.6. The molecular weight excluding hydrogens is 234 g/mol. The van der Waals surface area contributed by atoms with E-state index in [0.717, 1.165) is 25.8 Å². The molecular formula is C9H21NO3S2. The topological polar surface area (TPSA) is 58.6 Å². The van der Waals surface area contributed by atoms with Gasteiger partial charge in [-0.3, -0.25) is 8.74 Å². The van der Waals surface area contributed by atoms with Gasteiger partial charge in [0.25, 0.3) is 9.05 Å². The Labute approximate surface area is 97.5 Å². The molecule has 0 aromatic heterocycles. The highest BCUT2D eigenvalue weighted by molar-refractivity contribution is 8.27. The van der Waals surface area contributed by atoms with Gasteiger partial charge in [-0.1, -0.05) is 25.7 Å². The molecule has 15 heavy (non-hydrogen) atoms. The number of rotatable bonds is 10. The van der Waals surface area contributed by atoms with Crippen LogP contribution in [0.4, 0.5) is 0 Å². The van der Waals surface area contributed by atoms with Crippen LogP contribution in [0.3, 0.4) is 0 Å². The summed E-state index contributed by atoms with van der Waals surface area (Å²) in [5.74, 6) is 0. The Kier molecular flexibility index (Phi) is 9.63. The van der Waals surface area contributed by atoms with Crippen molar-refractivity contribution in [1.82, 2.24) is 5.32 Å². The van der Waals surface area contributed by atoms with Crippen LogP contribution in [0, 0.1) is 0 Å². The smallest absolute Gasteiger partial charge is 0.266 e. The van der Waals surface area contributed by atoms with Crippen LogP contribution in [0.25, 0.3) is 0 Å².